The Morgan fingerprint density at radius 3 is 2.57 bits per heavy atom. The van der Waals surface area contributed by atoms with E-state index in [1.807, 2.05) is 42.5 Å². The highest BCUT2D eigenvalue weighted by molar-refractivity contribution is 7.86. The normalized spacial score (nSPS) is 16.4. The monoisotopic (exact) mass is 426 g/mol. The quantitative estimate of drug-likeness (QED) is 0.539. The van der Waals surface area contributed by atoms with Gasteiger partial charge >= 0.3 is 10.1 Å². The number of nitrogens with zero attached hydrogens (tertiary/aromatic N) is 2. The molecule has 0 saturated carbocycles. The second-order valence-corrected chi connectivity index (χ2v) is 9.13. The first kappa shape index (κ1) is 20.8. The van der Waals surface area contributed by atoms with Crippen molar-refractivity contribution in [2.75, 3.05) is 39.1 Å². The molecule has 1 fully saturated rings. The van der Waals surface area contributed by atoms with Crippen molar-refractivity contribution in [1.29, 1.82) is 0 Å². The highest BCUT2D eigenvalue weighted by Crippen LogP contribution is 2.39. The van der Waals surface area contributed by atoms with E-state index in [-0.39, 0.29) is 5.92 Å². The molecule has 2 aromatic carbocycles. The van der Waals surface area contributed by atoms with Gasteiger partial charge in [-0.25, -0.2) is 0 Å². The van der Waals surface area contributed by atoms with E-state index in [2.05, 4.69) is 22.0 Å². The van der Waals surface area contributed by atoms with Gasteiger partial charge in [0.05, 0.1) is 19.5 Å². The Balaban J connectivity index is 1.78. The lowest BCUT2D eigenvalue weighted by Crippen LogP contribution is -2.37. The molecule has 1 atom stereocenters. The Hall–Kier alpha value is -2.48. The molecule has 1 aliphatic heterocycles. The lowest BCUT2D eigenvalue weighted by molar-refractivity contribution is 0.0369. The SMILES string of the molecule is CS(=O)(=O)Oc1c(C(CCN2CCOCC2)c2ccccc2)ccc2cccnc12. The van der Waals surface area contributed by atoms with E-state index in [0.717, 1.165) is 62.0 Å². The first-order valence-electron chi connectivity index (χ1n) is 10.1. The lowest BCUT2D eigenvalue weighted by atomic mass is 9.87. The summed E-state index contributed by atoms with van der Waals surface area (Å²) in [7, 11) is -3.71. The van der Waals surface area contributed by atoms with Crippen LogP contribution in [-0.4, -0.2) is 57.4 Å². The number of hydrogen-bond acceptors (Lipinski definition) is 6. The van der Waals surface area contributed by atoms with Gasteiger partial charge in [-0.1, -0.05) is 48.5 Å². The van der Waals surface area contributed by atoms with E-state index in [4.69, 9.17) is 8.92 Å². The molecule has 0 amide bonds. The summed E-state index contributed by atoms with van der Waals surface area (Å²) in [4.78, 5) is 6.82. The van der Waals surface area contributed by atoms with Crippen LogP contribution in [0.5, 0.6) is 5.75 Å². The summed E-state index contributed by atoms with van der Waals surface area (Å²) in [6.45, 7) is 4.21. The van der Waals surface area contributed by atoms with Gasteiger partial charge in [-0.05, 0) is 24.6 Å². The highest BCUT2D eigenvalue weighted by Gasteiger charge is 2.24. The van der Waals surface area contributed by atoms with Gasteiger partial charge in [0.2, 0.25) is 0 Å². The van der Waals surface area contributed by atoms with Crippen molar-refractivity contribution in [3.8, 4) is 5.75 Å². The fourth-order valence-electron chi connectivity index (χ4n) is 3.97. The number of ether oxygens (including phenoxy) is 1. The van der Waals surface area contributed by atoms with E-state index in [1.165, 1.54) is 0 Å². The van der Waals surface area contributed by atoms with Gasteiger partial charge < -0.3 is 8.92 Å². The summed E-state index contributed by atoms with van der Waals surface area (Å²) in [5, 5.41) is 0.847. The molecule has 30 heavy (non-hydrogen) atoms. The minimum atomic E-state index is -3.71. The fraction of sp³-hybridized carbons (Fsp3) is 0.348. The van der Waals surface area contributed by atoms with Crippen molar-refractivity contribution >= 4 is 21.0 Å². The van der Waals surface area contributed by atoms with Crippen molar-refractivity contribution in [3.63, 3.8) is 0 Å². The largest absolute Gasteiger partial charge is 0.380 e. The Morgan fingerprint density at radius 1 is 1.07 bits per heavy atom. The van der Waals surface area contributed by atoms with Crippen LogP contribution in [0.1, 0.15) is 23.5 Å². The number of benzene rings is 2. The molecule has 0 spiro atoms. The maximum Gasteiger partial charge on any atom is 0.306 e. The minimum absolute atomic E-state index is 0.0165. The van der Waals surface area contributed by atoms with E-state index >= 15 is 0 Å². The Labute approximate surface area is 177 Å². The summed E-state index contributed by atoms with van der Waals surface area (Å²) >= 11 is 0. The molecular weight excluding hydrogens is 400 g/mol. The van der Waals surface area contributed by atoms with E-state index < -0.39 is 10.1 Å². The number of pyridine rings is 1. The van der Waals surface area contributed by atoms with Gasteiger partial charge in [-0.15, -0.1) is 0 Å². The summed E-state index contributed by atoms with van der Waals surface area (Å²) in [5.41, 5.74) is 2.53. The highest BCUT2D eigenvalue weighted by atomic mass is 32.2. The van der Waals surface area contributed by atoms with Gasteiger partial charge in [0.25, 0.3) is 0 Å². The van der Waals surface area contributed by atoms with E-state index in [1.54, 1.807) is 6.20 Å². The van der Waals surface area contributed by atoms with Crippen LogP contribution in [0.15, 0.2) is 60.8 Å². The molecule has 2 heterocycles. The molecule has 1 saturated heterocycles. The predicted octanol–water partition coefficient (Wildman–Crippen LogP) is 3.43. The zero-order valence-corrected chi connectivity index (χ0v) is 17.8. The number of aromatic nitrogens is 1. The maximum absolute atomic E-state index is 12.1. The molecule has 0 radical (unpaired) electrons. The number of fused-ring (bicyclic) bond motifs is 1. The molecule has 0 bridgehead atoms. The van der Waals surface area contributed by atoms with Crippen molar-refractivity contribution in [2.24, 2.45) is 0 Å². The van der Waals surface area contributed by atoms with Crippen LogP contribution in [0.3, 0.4) is 0 Å². The third-order valence-electron chi connectivity index (χ3n) is 5.41. The smallest absolute Gasteiger partial charge is 0.306 e. The van der Waals surface area contributed by atoms with Gasteiger partial charge in [0, 0.05) is 36.2 Å². The zero-order chi connectivity index (χ0) is 21.0. The topological polar surface area (TPSA) is 68.7 Å². The van der Waals surface area contributed by atoms with E-state index in [9.17, 15) is 8.42 Å². The van der Waals surface area contributed by atoms with Crippen LogP contribution < -0.4 is 4.18 Å². The van der Waals surface area contributed by atoms with Gasteiger partial charge in [0.1, 0.15) is 5.52 Å². The van der Waals surface area contributed by atoms with Gasteiger partial charge in [0.15, 0.2) is 5.75 Å². The molecule has 1 unspecified atom stereocenters. The van der Waals surface area contributed by atoms with Crippen LogP contribution in [-0.2, 0) is 14.9 Å². The zero-order valence-electron chi connectivity index (χ0n) is 17.0. The molecule has 4 rings (SSSR count). The summed E-state index contributed by atoms with van der Waals surface area (Å²) in [6.07, 6.45) is 3.57. The maximum atomic E-state index is 12.1. The molecule has 7 heteroatoms. The van der Waals surface area contributed by atoms with E-state index in [0.29, 0.717) is 11.3 Å². The minimum Gasteiger partial charge on any atom is -0.380 e. The Bertz CT molecular complexity index is 1100. The van der Waals surface area contributed by atoms with Crippen molar-refractivity contribution in [3.05, 3.63) is 71.9 Å². The van der Waals surface area contributed by atoms with Gasteiger partial charge in [-0.3, -0.25) is 9.88 Å². The molecule has 1 aliphatic rings. The molecular formula is C23H26N2O4S. The predicted molar refractivity (Wildman–Crippen MR) is 117 cm³/mol. The standard InChI is InChI=1S/C23H26N2O4S/c1-30(26,27)29-23-21(10-9-19-8-5-12-24-22(19)23)20(18-6-3-2-4-7-18)11-13-25-14-16-28-17-15-25/h2-10,12,20H,11,13-17H2,1H3. The molecule has 3 aromatic rings. The Kier molecular flexibility index (Phi) is 6.32. The Morgan fingerprint density at radius 2 is 1.83 bits per heavy atom. The van der Waals surface area contributed by atoms with Gasteiger partial charge in [-0.2, -0.15) is 8.42 Å². The molecule has 158 valence electrons. The van der Waals surface area contributed by atoms with Crippen LogP contribution in [0.4, 0.5) is 0 Å². The number of rotatable bonds is 7. The van der Waals surface area contributed by atoms with Crippen LogP contribution in [0.2, 0.25) is 0 Å². The van der Waals surface area contributed by atoms with Crippen molar-refractivity contribution in [2.45, 2.75) is 12.3 Å². The third-order valence-corrected chi connectivity index (χ3v) is 5.88. The molecule has 0 N–H and O–H groups in total. The first-order valence-corrected chi connectivity index (χ1v) is 11.9. The summed E-state index contributed by atoms with van der Waals surface area (Å²) < 4.78 is 35.2. The first-order chi connectivity index (χ1) is 14.5. The number of morpholine rings is 1. The van der Waals surface area contributed by atoms with Crippen molar-refractivity contribution in [1.82, 2.24) is 9.88 Å². The number of hydrogen-bond donors (Lipinski definition) is 0. The third kappa shape index (κ3) is 4.98. The molecule has 1 aromatic heterocycles. The summed E-state index contributed by atoms with van der Waals surface area (Å²) in [5.74, 6) is 0.309. The van der Waals surface area contributed by atoms with Crippen LogP contribution >= 0.6 is 0 Å². The lowest BCUT2D eigenvalue weighted by Gasteiger charge is -2.29. The summed E-state index contributed by atoms with van der Waals surface area (Å²) in [6, 6.07) is 17.9. The second kappa shape index (κ2) is 9.12. The average molecular weight is 427 g/mol. The fourth-order valence-corrected chi connectivity index (χ4v) is 4.45. The average Bonchev–Trinajstić information content (AvgIpc) is 2.75. The molecule has 6 nitrogen and oxygen atoms in total. The second-order valence-electron chi connectivity index (χ2n) is 7.55. The van der Waals surface area contributed by atoms with Crippen LogP contribution in [0, 0.1) is 0 Å². The van der Waals surface area contributed by atoms with Crippen LogP contribution in [0.25, 0.3) is 10.9 Å². The van der Waals surface area contributed by atoms with Crippen molar-refractivity contribution < 1.29 is 17.3 Å². The molecule has 0 aliphatic carbocycles.